The first-order chi connectivity index (χ1) is 10.6. The van der Waals surface area contributed by atoms with Crippen LogP contribution in [0.3, 0.4) is 0 Å². The molecule has 0 amide bonds. The maximum Gasteiger partial charge on any atom is 0.138 e. The summed E-state index contributed by atoms with van der Waals surface area (Å²) in [5.74, 6) is 0.724. The maximum atomic E-state index is 6.16. The second-order valence-corrected chi connectivity index (χ2v) is 6.24. The fraction of sp³-hybridized carbons (Fsp3) is 0.263. The van der Waals surface area contributed by atoms with E-state index in [9.17, 15) is 0 Å². The Kier molecular flexibility index (Phi) is 4.12. The monoisotopic (exact) mass is 313 g/mol. The van der Waals surface area contributed by atoms with Crippen LogP contribution in [-0.4, -0.2) is 4.57 Å². The minimum atomic E-state index is 0.378. The summed E-state index contributed by atoms with van der Waals surface area (Å²) in [7, 11) is 0. The van der Waals surface area contributed by atoms with Crippen molar-refractivity contribution in [2.75, 3.05) is 0 Å². The summed E-state index contributed by atoms with van der Waals surface area (Å²) in [5.41, 5.74) is 3.74. The molecule has 0 aliphatic rings. The second kappa shape index (κ2) is 6.05. The molecule has 0 spiro atoms. The van der Waals surface area contributed by atoms with Gasteiger partial charge in [-0.2, -0.15) is 0 Å². The molecule has 3 aromatic rings. The zero-order chi connectivity index (χ0) is 15.7. The van der Waals surface area contributed by atoms with Crippen LogP contribution in [-0.2, 0) is 6.61 Å². The minimum Gasteiger partial charge on any atom is -0.486 e. The van der Waals surface area contributed by atoms with Crippen LogP contribution < -0.4 is 4.74 Å². The third-order valence-electron chi connectivity index (χ3n) is 3.87. The fourth-order valence-corrected chi connectivity index (χ4v) is 3.12. The van der Waals surface area contributed by atoms with E-state index in [2.05, 4.69) is 49.6 Å². The van der Waals surface area contributed by atoms with Crippen molar-refractivity contribution in [1.82, 2.24) is 4.57 Å². The molecule has 0 bridgehead atoms. The molecule has 0 aliphatic carbocycles. The van der Waals surface area contributed by atoms with Crippen molar-refractivity contribution in [3.63, 3.8) is 0 Å². The largest absolute Gasteiger partial charge is 0.486 e. The molecular formula is C19H20ClNO. The van der Waals surface area contributed by atoms with Gasteiger partial charge in [0.05, 0.1) is 16.2 Å². The van der Waals surface area contributed by atoms with Crippen molar-refractivity contribution in [3.05, 3.63) is 64.8 Å². The Morgan fingerprint density at radius 2 is 1.86 bits per heavy atom. The van der Waals surface area contributed by atoms with Gasteiger partial charge in [-0.05, 0) is 44.5 Å². The number of nitrogens with zero attached hydrogens (tertiary/aromatic N) is 1. The predicted octanol–water partition coefficient (Wildman–Crippen LogP) is 5.76. The van der Waals surface area contributed by atoms with E-state index in [4.69, 9.17) is 16.3 Å². The summed E-state index contributed by atoms with van der Waals surface area (Å²) in [4.78, 5) is 0. The first-order valence-electron chi connectivity index (χ1n) is 7.54. The fourth-order valence-electron chi connectivity index (χ4n) is 2.93. The van der Waals surface area contributed by atoms with Gasteiger partial charge in [0.1, 0.15) is 12.4 Å². The number of aromatic nitrogens is 1. The number of rotatable bonds is 4. The van der Waals surface area contributed by atoms with Crippen molar-refractivity contribution in [3.8, 4) is 5.75 Å². The highest BCUT2D eigenvalue weighted by molar-refractivity contribution is 6.32. The Bertz CT molecular complexity index is 804. The highest BCUT2D eigenvalue weighted by atomic mass is 35.5. The quantitative estimate of drug-likeness (QED) is 0.597. The smallest absolute Gasteiger partial charge is 0.138 e. The van der Waals surface area contributed by atoms with Crippen LogP contribution in [0.1, 0.15) is 31.1 Å². The van der Waals surface area contributed by atoms with Crippen LogP contribution in [0.15, 0.2) is 48.5 Å². The number of hydrogen-bond acceptors (Lipinski definition) is 1. The van der Waals surface area contributed by atoms with E-state index in [1.165, 1.54) is 22.2 Å². The van der Waals surface area contributed by atoms with Gasteiger partial charge >= 0.3 is 0 Å². The lowest BCUT2D eigenvalue weighted by atomic mass is 10.1. The highest BCUT2D eigenvalue weighted by Crippen LogP contribution is 2.29. The van der Waals surface area contributed by atoms with Crippen molar-refractivity contribution in [2.45, 2.75) is 33.4 Å². The average Bonchev–Trinajstić information content (AvgIpc) is 2.86. The number of fused-ring (bicyclic) bond motifs is 1. The first kappa shape index (κ1) is 15.0. The number of para-hydroxylation sites is 2. The molecule has 2 aromatic carbocycles. The van der Waals surface area contributed by atoms with Gasteiger partial charge in [0, 0.05) is 11.4 Å². The van der Waals surface area contributed by atoms with Crippen LogP contribution >= 0.6 is 11.6 Å². The number of halogens is 1. The van der Waals surface area contributed by atoms with Crippen LogP contribution in [0.5, 0.6) is 5.75 Å². The Hall–Kier alpha value is -1.93. The highest BCUT2D eigenvalue weighted by Gasteiger charge is 2.14. The summed E-state index contributed by atoms with van der Waals surface area (Å²) in [5, 5.41) is 1.90. The van der Waals surface area contributed by atoms with E-state index in [0.717, 1.165) is 5.75 Å². The van der Waals surface area contributed by atoms with Gasteiger partial charge in [-0.15, -0.1) is 0 Å². The van der Waals surface area contributed by atoms with Crippen molar-refractivity contribution in [1.29, 1.82) is 0 Å². The lowest BCUT2D eigenvalue weighted by Gasteiger charge is -2.16. The summed E-state index contributed by atoms with van der Waals surface area (Å²) >= 11 is 6.16. The van der Waals surface area contributed by atoms with E-state index < -0.39 is 0 Å². The standard InChI is InChI=1S/C19H20ClNO/c1-13(2)21-16(11-15-8-6-7-14(3)19(15)21)12-22-18-10-5-4-9-17(18)20/h4-11,13H,12H2,1-3H3. The van der Waals surface area contributed by atoms with E-state index in [1.807, 2.05) is 24.3 Å². The second-order valence-electron chi connectivity index (χ2n) is 5.83. The Morgan fingerprint density at radius 1 is 1.09 bits per heavy atom. The maximum absolute atomic E-state index is 6.16. The van der Waals surface area contributed by atoms with Crippen LogP contribution in [0, 0.1) is 6.92 Å². The molecule has 0 saturated carbocycles. The molecule has 0 radical (unpaired) electrons. The molecule has 1 heterocycles. The lowest BCUT2D eigenvalue weighted by molar-refractivity contribution is 0.293. The average molecular weight is 314 g/mol. The van der Waals surface area contributed by atoms with Gasteiger partial charge in [-0.1, -0.05) is 41.9 Å². The molecule has 22 heavy (non-hydrogen) atoms. The summed E-state index contributed by atoms with van der Waals surface area (Å²) in [6.45, 7) is 7.06. The third-order valence-corrected chi connectivity index (χ3v) is 4.18. The van der Waals surface area contributed by atoms with E-state index >= 15 is 0 Å². The zero-order valence-electron chi connectivity index (χ0n) is 13.1. The van der Waals surface area contributed by atoms with Gasteiger partial charge in [0.2, 0.25) is 0 Å². The Morgan fingerprint density at radius 3 is 2.59 bits per heavy atom. The van der Waals surface area contributed by atoms with E-state index in [-0.39, 0.29) is 0 Å². The van der Waals surface area contributed by atoms with Crippen molar-refractivity contribution in [2.24, 2.45) is 0 Å². The van der Waals surface area contributed by atoms with Crippen LogP contribution in [0.2, 0.25) is 5.02 Å². The molecule has 0 atom stereocenters. The number of ether oxygens (including phenoxy) is 1. The molecule has 1 aromatic heterocycles. The number of aryl methyl sites for hydroxylation is 1. The third kappa shape index (κ3) is 2.71. The van der Waals surface area contributed by atoms with Crippen molar-refractivity contribution < 1.29 is 4.74 Å². The van der Waals surface area contributed by atoms with Crippen molar-refractivity contribution >= 4 is 22.5 Å². The predicted molar refractivity (Wildman–Crippen MR) is 92.8 cm³/mol. The van der Waals surface area contributed by atoms with E-state index in [1.54, 1.807) is 0 Å². The van der Waals surface area contributed by atoms with Gasteiger partial charge < -0.3 is 9.30 Å². The topological polar surface area (TPSA) is 14.2 Å². The number of hydrogen-bond donors (Lipinski definition) is 0. The Labute approximate surface area is 136 Å². The lowest BCUT2D eigenvalue weighted by Crippen LogP contribution is -2.08. The van der Waals surface area contributed by atoms with Gasteiger partial charge in [-0.25, -0.2) is 0 Å². The molecule has 114 valence electrons. The van der Waals surface area contributed by atoms with Gasteiger partial charge in [-0.3, -0.25) is 0 Å². The molecule has 2 nitrogen and oxygen atoms in total. The molecular weight excluding hydrogens is 294 g/mol. The molecule has 0 aliphatic heterocycles. The summed E-state index contributed by atoms with van der Waals surface area (Å²) in [6.07, 6.45) is 0. The summed E-state index contributed by atoms with van der Waals surface area (Å²) < 4.78 is 8.28. The first-order valence-corrected chi connectivity index (χ1v) is 7.92. The zero-order valence-corrected chi connectivity index (χ0v) is 13.9. The van der Waals surface area contributed by atoms with Crippen LogP contribution in [0.25, 0.3) is 10.9 Å². The van der Waals surface area contributed by atoms with Crippen LogP contribution in [0.4, 0.5) is 0 Å². The molecule has 0 unspecified atom stereocenters. The molecule has 0 saturated heterocycles. The summed E-state index contributed by atoms with van der Waals surface area (Å²) in [6, 6.07) is 16.6. The van der Waals surface area contributed by atoms with E-state index in [0.29, 0.717) is 17.7 Å². The normalized spacial score (nSPS) is 11.3. The van der Waals surface area contributed by atoms with Gasteiger partial charge in [0.15, 0.2) is 0 Å². The Balaban J connectivity index is 1.99. The minimum absolute atomic E-state index is 0.378. The molecule has 0 N–H and O–H groups in total. The molecule has 3 rings (SSSR count). The number of benzene rings is 2. The molecule has 0 fully saturated rings. The van der Waals surface area contributed by atoms with Gasteiger partial charge in [0.25, 0.3) is 0 Å². The SMILES string of the molecule is Cc1cccc2cc(COc3ccccc3Cl)n(C(C)C)c12. The molecule has 3 heteroatoms.